The second-order valence-corrected chi connectivity index (χ2v) is 8.99. The summed E-state index contributed by atoms with van der Waals surface area (Å²) in [5, 5.41) is 8.43. The van der Waals surface area contributed by atoms with Crippen LogP contribution >= 0.6 is 0 Å². The van der Waals surface area contributed by atoms with Crippen molar-refractivity contribution in [2.24, 2.45) is 11.8 Å². The van der Waals surface area contributed by atoms with Gasteiger partial charge in [0.2, 0.25) is 0 Å². The molecule has 7 heteroatoms. The predicted octanol–water partition coefficient (Wildman–Crippen LogP) is 7.24. The van der Waals surface area contributed by atoms with Gasteiger partial charge >= 0.3 is 12.1 Å². The van der Waals surface area contributed by atoms with E-state index in [4.69, 9.17) is 10.00 Å². The van der Waals surface area contributed by atoms with Crippen LogP contribution in [-0.2, 0) is 15.7 Å². The van der Waals surface area contributed by atoms with Gasteiger partial charge in [0.05, 0.1) is 11.5 Å². The molecule has 0 aliphatic heterocycles. The Morgan fingerprint density at radius 2 is 1.66 bits per heavy atom. The molecule has 0 bridgehead atoms. The van der Waals surface area contributed by atoms with E-state index in [-0.39, 0.29) is 23.9 Å². The Bertz CT molecular complexity index is 825. The third-order valence-electron chi connectivity index (χ3n) is 6.85. The molecule has 0 radical (unpaired) electrons. The quantitative estimate of drug-likeness (QED) is 0.260. The molecular weight excluding hydrogens is 422 g/mol. The first kappa shape index (κ1) is 24.3. The van der Waals surface area contributed by atoms with Crippen molar-refractivity contribution in [1.29, 1.82) is 5.26 Å². The first-order chi connectivity index (χ1) is 15.3. The lowest BCUT2D eigenvalue weighted by atomic mass is 9.79. The first-order valence-electron chi connectivity index (χ1n) is 11.4. The van der Waals surface area contributed by atoms with E-state index < -0.39 is 17.6 Å². The summed E-state index contributed by atoms with van der Waals surface area (Å²) in [6.07, 6.45) is 4.64. The van der Waals surface area contributed by atoms with Gasteiger partial charge in [-0.2, -0.15) is 22.8 Å². The van der Waals surface area contributed by atoms with E-state index in [1.165, 1.54) is 12.1 Å². The molecule has 0 N–H and O–H groups in total. The van der Waals surface area contributed by atoms with Crippen LogP contribution in [0.3, 0.4) is 0 Å². The Kier molecular flexibility index (Phi) is 8.33. The molecular formula is C25H29F4NO2. The maximum absolute atomic E-state index is 12.9. The van der Waals surface area contributed by atoms with Crippen molar-refractivity contribution in [2.45, 2.75) is 82.4 Å². The largest absolute Gasteiger partial charge is 0.462 e. The number of carbonyl (C=O) groups excluding carboxylic acids is 1. The maximum atomic E-state index is 12.9. The number of hydrogen-bond donors (Lipinski definition) is 0. The summed E-state index contributed by atoms with van der Waals surface area (Å²) in [5.41, 5.74) is 0.273. The van der Waals surface area contributed by atoms with Crippen LogP contribution in [0, 0.1) is 23.2 Å². The van der Waals surface area contributed by atoms with Crippen molar-refractivity contribution in [1.82, 2.24) is 0 Å². The molecule has 174 valence electrons. The Morgan fingerprint density at radius 3 is 2.22 bits per heavy atom. The second kappa shape index (κ2) is 11.0. The van der Waals surface area contributed by atoms with Gasteiger partial charge in [-0.15, -0.1) is 0 Å². The third kappa shape index (κ3) is 6.82. The van der Waals surface area contributed by atoms with Crippen LogP contribution in [0.15, 0.2) is 36.2 Å². The van der Waals surface area contributed by atoms with Gasteiger partial charge in [0.25, 0.3) is 0 Å². The maximum Gasteiger partial charge on any atom is 0.416 e. The number of halogens is 4. The zero-order chi connectivity index (χ0) is 23.1. The van der Waals surface area contributed by atoms with Crippen molar-refractivity contribution < 1.29 is 27.1 Å². The SMILES string of the molecule is N#CC(F)=CCCC1CCC(C(=O)OC2CCC(c3ccc(C(F)(F)F)cc3)CC2)CC1. The number of carbonyl (C=O) groups is 1. The van der Waals surface area contributed by atoms with Crippen LogP contribution in [0.1, 0.15) is 81.3 Å². The summed E-state index contributed by atoms with van der Waals surface area (Å²) in [7, 11) is 0. The minimum absolute atomic E-state index is 0.0923. The number of nitrogens with zero attached hydrogens (tertiary/aromatic N) is 1. The van der Waals surface area contributed by atoms with E-state index in [1.54, 1.807) is 12.1 Å². The molecule has 0 amide bonds. The second-order valence-electron chi connectivity index (χ2n) is 8.99. The smallest absolute Gasteiger partial charge is 0.416 e. The van der Waals surface area contributed by atoms with Crippen molar-refractivity contribution in [3.8, 4) is 6.07 Å². The monoisotopic (exact) mass is 451 g/mol. The predicted molar refractivity (Wildman–Crippen MR) is 112 cm³/mol. The van der Waals surface area contributed by atoms with Crippen molar-refractivity contribution in [3.63, 3.8) is 0 Å². The molecule has 2 fully saturated rings. The van der Waals surface area contributed by atoms with Crippen LogP contribution in [-0.4, -0.2) is 12.1 Å². The number of alkyl halides is 3. The highest BCUT2D eigenvalue weighted by atomic mass is 19.4. The Morgan fingerprint density at radius 1 is 1.03 bits per heavy atom. The molecule has 2 saturated carbocycles. The number of ether oxygens (including phenoxy) is 1. The zero-order valence-corrected chi connectivity index (χ0v) is 18.0. The molecule has 3 nitrogen and oxygen atoms in total. The lowest BCUT2D eigenvalue weighted by Crippen LogP contribution is -2.29. The fraction of sp³-hybridized carbons (Fsp3) is 0.600. The van der Waals surface area contributed by atoms with Gasteiger partial charge < -0.3 is 4.74 Å². The Hall–Kier alpha value is -2.36. The standard InChI is InChI=1S/C25H29F4NO2/c26-22(16-30)3-1-2-17-4-6-20(7-5-17)24(31)32-23-14-10-19(11-15-23)18-8-12-21(13-9-18)25(27,28)29/h3,8-9,12-13,17,19-20,23H,1-2,4-7,10-11,14-15H2. The number of benzene rings is 1. The van der Waals surface area contributed by atoms with Crippen molar-refractivity contribution >= 4 is 5.97 Å². The average Bonchev–Trinajstić information content (AvgIpc) is 2.79. The lowest BCUT2D eigenvalue weighted by molar-refractivity contribution is -0.157. The summed E-state index contributed by atoms with van der Waals surface area (Å²) >= 11 is 0. The molecule has 2 aliphatic rings. The molecule has 2 aliphatic carbocycles. The molecule has 0 atom stereocenters. The fourth-order valence-electron chi connectivity index (χ4n) is 4.90. The van der Waals surface area contributed by atoms with Gasteiger partial charge in [-0.25, -0.2) is 0 Å². The van der Waals surface area contributed by atoms with E-state index >= 15 is 0 Å². The summed E-state index contributed by atoms with van der Waals surface area (Å²) < 4.78 is 56.8. The lowest BCUT2D eigenvalue weighted by Gasteiger charge is -2.31. The number of allylic oxidation sites excluding steroid dienone is 2. The normalized spacial score (nSPS) is 26.9. The van der Waals surface area contributed by atoms with Crippen molar-refractivity contribution in [2.75, 3.05) is 0 Å². The summed E-state index contributed by atoms with van der Waals surface area (Å²) in [6, 6.07) is 6.86. The van der Waals surface area contributed by atoms with Crippen LogP contribution < -0.4 is 0 Å². The number of hydrogen-bond acceptors (Lipinski definition) is 3. The molecule has 1 aromatic carbocycles. The number of nitriles is 1. The summed E-state index contributed by atoms with van der Waals surface area (Å²) in [5.74, 6) is -0.332. The van der Waals surface area contributed by atoms with Gasteiger partial charge in [0, 0.05) is 0 Å². The number of esters is 1. The Balaban J connectivity index is 1.38. The molecule has 3 rings (SSSR count). The van der Waals surface area contributed by atoms with Gasteiger partial charge in [0.15, 0.2) is 5.83 Å². The van der Waals surface area contributed by atoms with E-state index in [2.05, 4.69) is 0 Å². The first-order valence-corrected chi connectivity index (χ1v) is 11.4. The van der Waals surface area contributed by atoms with E-state index in [1.807, 2.05) is 0 Å². The van der Waals surface area contributed by atoms with Gasteiger partial charge in [-0.3, -0.25) is 4.79 Å². The van der Waals surface area contributed by atoms with Crippen LogP contribution in [0.4, 0.5) is 17.6 Å². The molecule has 0 spiro atoms. The molecule has 1 aromatic rings. The highest BCUT2D eigenvalue weighted by Crippen LogP contribution is 2.37. The minimum atomic E-state index is -4.32. The van der Waals surface area contributed by atoms with Crippen LogP contribution in [0.5, 0.6) is 0 Å². The average molecular weight is 452 g/mol. The zero-order valence-electron chi connectivity index (χ0n) is 18.0. The molecule has 0 heterocycles. The highest BCUT2D eigenvalue weighted by Gasteiger charge is 2.32. The highest BCUT2D eigenvalue weighted by molar-refractivity contribution is 5.72. The summed E-state index contributed by atoms with van der Waals surface area (Å²) in [4.78, 5) is 12.6. The van der Waals surface area contributed by atoms with Gasteiger partial charge in [-0.05, 0) is 99.8 Å². The minimum Gasteiger partial charge on any atom is -0.462 e. The van der Waals surface area contributed by atoms with Crippen molar-refractivity contribution in [3.05, 3.63) is 47.3 Å². The molecule has 0 aromatic heterocycles. The Labute approximate surface area is 186 Å². The molecule has 0 unspecified atom stereocenters. The number of rotatable bonds is 6. The topological polar surface area (TPSA) is 50.1 Å². The van der Waals surface area contributed by atoms with Gasteiger partial charge in [0.1, 0.15) is 12.2 Å². The molecule has 32 heavy (non-hydrogen) atoms. The van der Waals surface area contributed by atoms with Gasteiger partial charge in [-0.1, -0.05) is 12.1 Å². The van der Waals surface area contributed by atoms with E-state index in [0.29, 0.717) is 12.3 Å². The van der Waals surface area contributed by atoms with E-state index in [0.717, 1.165) is 75.5 Å². The van der Waals surface area contributed by atoms with Crippen LogP contribution in [0.25, 0.3) is 0 Å². The van der Waals surface area contributed by atoms with E-state index in [9.17, 15) is 22.4 Å². The third-order valence-corrected chi connectivity index (χ3v) is 6.85. The molecule has 0 saturated heterocycles. The van der Waals surface area contributed by atoms with Crippen LogP contribution in [0.2, 0.25) is 0 Å². The summed E-state index contributed by atoms with van der Waals surface area (Å²) in [6.45, 7) is 0. The fourth-order valence-corrected chi connectivity index (χ4v) is 4.90.